The predicted molar refractivity (Wildman–Crippen MR) is 125 cm³/mol. The molecule has 1 saturated heterocycles. The van der Waals surface area contributed by atoms with Gasteiger partial charge in [-0.15, -0.1) is 10.2 Å². The molecular formula is C24H25N5O4. The van der Waals surface area contributed by atoms with Crippen molar-refractivity contribution in [3.05, 3.63) is 70.3 Å². The summed E-state index contributed by atoms with van der Waals surface area (Å²) >= 11 is 0. The normalized spacial score (nSPS) is 14.1. The number of aromatic nitrogens is 2. The van der Waals surface area contributed by atoms with Gasteiger partial charge in [-0.05, 0) is 67.8 Å². The molecule has 1 N–H and O–H groups in total. The van der Waals surface area contributed by atoms with Crippen LogP contribution >= 0.6 is 0 Å². The van der Waals surface area contributed by atoms with Crippen molar-refractivity contribution in [1.82, 2.24) is 10.2 Å². The molecule has 1 aliphatic heterocycles. The highest BCUT2D eigenvalue weighted by Gasteiger charge is 2.26. The number of ether oxygens (including phenoxy) is 1. The molecule has 0 aliphatic carbocycles. The zero-order valence-electron chi connectivity index (χ0n) is 18.5. The number of carbonyl (C=O) groups is 1. The van der Waals surface area contributed by atoms with Crippen LogP contribution in [0.1, 0.15) is 18.4 Å². The Kier molecular flexibility index (Phi) is 6.48. The number of nitro groups is 1. The predicted octanol–water partition coefficient (Wildman–Crippen LogP) is 4.22. The number of anilines is 2. The van der Waals surface area contributed by atoms with E-state index < -0.39 is 4.92 Å². The van der Waals surface area contributed by atoms with Crippen molar-refractivity contribution in [2.24, 2.45) is 5.92 Å². The lowest BCUT2D eigenvalue weighted by Gasteiger charge is -2.32. The molecule has 1 aliphatic rings. The highest BCUT2D eigenvalue weighted by atomic mass is 16.6. The average molecular weight is 447 g/mol. The molecule has 0 unspecified atom stereocenters. The molecule has 0 spiro atoms. The number of methoxy groups -OCH3 is 1. The second-order valence-electron chi connectivity index (χ2n) is 8.01. The average Bonchev–Trinajstić information content (AvgIpc) is 2.85. The molecule has 0 radical (unpaired) electrons. The zero-order valence-corrected chi connectivity index (χ0v) is 18.5. The summed E-state index contributed by atoms with van der Waals surface area (Å²) in [5.41, 5.74) is 3.04. The van der Waals surface area contributed by atoms with Gasteiger partial charge in [0.05, 0.1) is 17.7 Å². The third-order valence-corrected chi connectivity index (χ3v) is 5.90. The number of non-ortho nitro benzene ring substituents is 1. The second kappa shape index (κ2) is 9.64. The number of amides is 1. The van der Waals surface area contributed by atoms with E-state index in [-0.39, 0.29) is 17.5 Å². The van der Waals surface area contributed by atoms with Crippen LogP contribution in [0.15, 0.2) is 54.6 Å². The van der Waals surface area contributed by atoms with E-state index >= 15 is 0 Å². The number of rotatable bonds is 6. The number of hydrogen-bond donors (Lipinski definition) is 1. The summed E-state index contributed by atoms with van der Waals surface area (Å²) in [5.74, 6) is 1.39. The molecule has 1 fully saturated rings. The molecule has 2 heterocycles. The zero-order chi connectivity index (χ0) is 23.4. The van der Waals surface area contributed by atoms with E-state index in [2.05, 4.69) is 20.4 Å². The van der Waals surface area contributed by atoms with Crippen LogP contribution in [0.25, 0.3) is 11.3 Å². The van der Waals surface area contributed by atoms with Crippen LogP contribution in [0.2, 0.25) is 0 Å². The van der Waals surface area contributed by atoms with Crippen molar-refractivity contribution in [2.75, 3.05) is 30.4 Å². The van der Waals surface area contributed by atoms with Crippen molar-refractivity contribution in [2.45, 2.75) is 19.8 Å². The SMILES string of the molecule is COc1ccc(-c2ccc(N3CCC(C(=O)Nc4ccc([N+](=O)[O-])cc4C)CC3)nn2)cc1. The molecule has 0 saturated carbocycles. The molecule has 1 aromatic heterocycles. The Morgan fingerprint density at radius 1 is 1.09 bits per heavy atom. The van der Waals surface area contributed by atoms with Gasteiger partial charge in [-0.3, -0.25) is 14.9 Å². The second-order valence-corrected chi connectivity index (χ2v) is 8.01. The molecule has 1 amide bonds. The summed E-state index contributed by atoms with van der Waals surface area (Å²) in [6, 6.07) is 16.0. The number of nitrogens with zero attached hydrogens (tertiary/aromatic N) is 4. The Hall–Kier alpha value is -4.01. The first-order chi connectivity index (χ1) is 15.9. The van der Waals surface area contributed by atoms with Gasteiger partial charge in [0, 0.05) is 42.4 Å². The fraction of sp³-hybridized carbons (Fsp3) is 0.292. The Morgan fingerprint density at radius 3 is 2.39 bits per heavy atom. The molecule has 33 heavy (non-hydrogen) atoms. The first-order valence-corrected chi connectivity index (χ1v) is 10.7. The monoisotopic (exact) mass is 447 g/mol. The van der Waals surface area contributed by atoms with Gasteiger partial charge in [-0.2, -0.15) is 0 Å². The molecule has 170 valence electrons. The maximum atomic E-state index is 12.7. The minimum absolute atomic E-state index is 0.0120. The number of piperidine rings is 1. The number of hydrogen-bond acceptors (Lipinski definition) is 7. The van der Waals surface area contributed by atoms with Crippen LogP contribution in [0.3, 0.4) is 0 Å². The van der Waals surface area contributed by atoms with Crippen LogP contribution in [0.4, 0.5) is 17.2 Å². The van der Waals surface area contributed by atoms with Gasteiger partial charge < -0.3 is 15.0 Å². The fourth-order valence-electron chi connectivity index (χ4n) is 3.92. The van der Waals surface area contributed by atoms with Crippen LogP contribution in [0.5, 0.6) is 5.75 Å². The minimum atomic E-state index is -0.444. The summed E-state index contributed by atoms with van der Waals surface area (Å²) in [6.07, 6.45) is 1.39. The van der Waals surface area contributed by atoms with E-state index in [0.717, 1.165) is 22.8 Å². The van der Waals surface area contributed by atoms with Gasteiger partial charge in [0.1, 0.15) is 5.75 Å². The maximum Gasteiger partial charge on any atom is 0.269 e. The van der Waals surface area contributed by atoms with Crippen molar-refractivity contribution in [1.29, 1.82) is 0 Å². The van der Waals surface area contributed by atoms with Crippen LogP contribution in [0, 0.1) is 23.0 Å². The van der Waals surface area contributed by atoms with E-state index in [1.54, 1.807) is 20.1 Å². The van der Waals surface area contributed by atoms with Crippen molar-refractivity contribution in [3.63, 3.8) is 0 Å². The summed E-state index contributed by atoms with van der Waals surface area (Å²) in [5, 5.41) is 22.6. The van der Waals surface area contributed by atoms with Gasteiger partial charge in [0.2, 0.25) is 5.91 Å². The highest BCUT2D eigenvalue weighted by molar-refractivity contribution is 5.93. The molecule has 0 bridgehead atoms. The summed E-state index contributed by atoms with van der Waals surface area (Å²) in [6.45, 7) is 3.15. The van der Waals surface area contributed by atoms with Crippen LogP contribution in [-0.2, 0) is 4.79 Å². The number of carbonyl (C=O) groups excluding carboxylic acids is 1. The molecule has 3 aromatic rings. The molecule has 9 nitrogen and oxygen atoms in total. The third kappa shape index (κ3) is 5.08. The van der Waals surface area contributed by atoms with Crippen molar-refractivity contribution in [3.8, 4) is 17.0 Å². The largest absolute Gasteiger partial charge is 0.497 e. The van der Waals surface area contributed by atoms with Crippen LogP contribution < -0.4 is 15.0 Å². The lowest BCUT2D eigenvalue weighted by Crippen LogP contribution is -2.38. The van der Waals surface area contributed by atoms with Crippen molar-refractivity contribution >= 4 is 23.1 Å². The Morgan fingerprint density at radius 2 is 1.82 bits per heavy atom. The smallest absolute Gasteiger partial charge is 0.269 e. The van der Waals surface area contributed by atoms with Gasteiger partial charge in [-0.25, -0.2) is 0 Å². The molecular weight excluding hydrogens is 422 g/mol. The third-order valence-electron chi connectivity index (χ3n) is 5.90. The minimum Gasteiger partial charge on any atom is -0.497 e. The maximum absolute atomic E-state index is 12.7. The summed E-state index contributed by atoms with van der Waals surface area (Å²) in [7, 11) is 1.63. The van der Waals surface area contributed by atoms with E-state index in [1.165, 1.54) is 12.1 Å². The molecule has 9 heteroatoms. The Balaban J connectivity index is 1.33. The molecule has 2 aromatic carbocycles. The number of aryl methyl sites for hydroxylation is 1. The summed E-state index contributed by atoms with van der Waals surface area (Å²) in [4.78, 5) is 25.3. The quantitative estimate of drug-likeness (QED) is 0.445. The summed E-state index contributed by atoms with van der Waals surface area (Å²) < 4.78 is 5.19. The van der Waals surface area contributed by atoms with E-state index in [0.29, 0.717) is 37.2 Å². The number of nitrogens with one attached hydrogen (secondary N) is 1. The first kappa shape index (κ1) is 22.2. The first-order valence-electron chi connectivity index (χ1n) is 10.7. The number of nitro benzene ring substituents is 1. The van der Waals surface area contributed by atoms with Gasteiger partial charge in [-0.1, -0.05) is 0 Å². The highest BCUT2D eigenvalue weighted by Crippen LogP contribution is 2.27. The lowest BCUT2D eigenvalue weighted by molar-refractivity contribution is -0.384. The molecule has 0 atom stereocenters. The van der Waals surface area contributed by atoms with Gasteiger partial charge in [0.15, 0.2) is 5.82 Å². The van der Waals surface area contributed by atoms with E-state index in [4.69, 9.17) is 4.74 Å². The van der Waals surface area contributed by atoms with E-state index in [1.807, 2.05) is 36.4 Å². The fourth-order valence-corrected chi connectivity index (χ4v) is 3.92. The number of benzene rings is 2. The van der Waals surface area contributed by atoms with E-state index in [9.17, 15) is 14.9 Å². The van der Waals surface area contributed by atoms with Gasteiger partial charge in [0.25, 0.3) is 5.69 Å². The van der Waals surface area contributed by atoms with Crippen LogP contribution in [-0.4, -0.2) is 41.2 Å². The molecule has 4 rings (SSSR count). The topological polar surface area (TPSA) is 110 Å². The van der Waals surface area contributed by atoms with Gasteiger partial charge >= 0.3 is 0 Å². The standard InChI is InChI=1S/C24H25N5O4/c1-16-15-19(29(31)32)5-8-21(16)25-24(30)18-11-13-28(14-12-18)23-10-9-22(26-27-23)17-3-6-20(33-2)7-4-17/h3-10,15,18H,11-14H2,1-2H3,(H,25,30). The Labute approximate surface area is 191 Å². The van der Waals surface area contributed by atoms with Crippen molar-refractivity contribution < 1.29 is 14.5 Å². The lowest BCUT2D eigenvalue weighted by atomic mass is 9.95. The Bertz CT molecular complexity index is 1140.